The lowest BCUT2D eigenvalue weighted by Gasteiger charge is -2.10. The molecule has 0 aliphatic carbocycles. The van der Waals surface area contributed by atoms with Gasteiger partial charge in [-0.25, -0.2) is 19.2 Å². The first-order valence-corrected chi connectivity index (χ1v) is 23.5. The predicted molar refractivity (Wildman–Crippen MR) is 255 cm³/mol. The van der Waals surface area contributed by atoms with Crippen LogP contribution in [0.25, 0.3) is 0 Å². The normalized spacial score (nSPS) is 10.8. The Kier molecular flexibility index (Phi) is 21.4. The van der Waals surface area contributed by atoms with Gasteiger partial charge in [0.1, 0.15) is 23.0 Å². The van der Waals surface area contributed by atoms with E-state index >= 15 is 0 Å². The fourth-order valence-electron chi connectivity index (χ4n) is 7.04. The number of rotatable bonds is 29. The number of para-hydroxylation sites is 1. The highest BCUT2D eigenvalue weighted by Gasteiger charge is 2.27. The molecule has 0 heterocycles. The van der Waals surface area contributed by atoms with Gasteiger partial charge in [0.15, 0.2) is 0 Å². The Balaban J connectivity index is 1.06. The number of unbranched alkanes of at least 4 members (excludes halogenated alkanes) is 14. The molecule has 0 unspecified atom stereocenters. The molecule has 0 saturated heterocycles. The maximum absolute atomic E-state index is 13.1. The first kappa shape index (κ1) is 51.0. The third-order valence-electron chi connectivity index (χ3n) is 10.9. The van der Waals surface area contributed by atoms with Crippen LogP contribution in [0.5, 0.6) is 34.5 Å². The molecular formula is C54H61NO12. The molecule has 5 aromatic carbocycles. The first-order valence-electron chi connectivity index (χ1n) is 23.5. The molecule has 0 radical (unpaired) electrons. The number of hydrogen-bond donors (Lipinski definition) is 0. The van der Waals surface area contributed by atoms with Gasteiger partial charge >= 0.3 is 29.6 Å². The van der Waals surface area contributed by atoms with E-state index < -0.39 is 46.0 Å². The van der Waals surface area contributed by atoms with E-state index in [2.05, 4.69) is 13.8 Å². The second-order valence-corrected chi connectivity index (χ2v) is 16.2. The van der Waals surface area contributed by atoms with Crippen LogP contribution in [0.2, 0.25) is 0 Å². The number of benzene rings is 5. The van der Waals surface area contributed by atoms with E-state index in [0.717, 1.165) is 25.7 Å². The average molecular weight is 916 g/mol. The molecule has 0 aliphatic rings. The highest BCUT2D eigenvalue weighted by molar-refractivity contribution is 5.95. The number of nitrogens with zero attached hydrogens (tertiary/aromatic N) is 1. The smallest absolute Gasteiger partial charge is 0.353 e. The van der Waals surface area contributed by atoms with Crippen molar-refractivity contribution in [3.63, 3.8) is 0 Å². The van der Waals surface area contributed by atoms with Gasteiger partial charge in [0, 0.05) is 0 Å². The van der Waals surface area contributed by atoms with Crippen LogP contribution in [0.3, 0.4) is 0 Å². The summed E-state index contributed by atoms with van der Waals surface area (Å²) >= 11 is 0. The lowest BCUT2D eigenvalue weighted by molar-refractivity contribution is -0.386. The Hall–Kier alpha value is -7.02. The lowest BCUT2D eigenvalue weighted by atomic mass is 10.1. The summed E-state index contributed by atoms with van der Waals surface area (Å²) in [5.74, 6) is -2.43. The van der Waals surface area contributed by atoms with E-state index in [1.54, 1.807) is 48.5 Å². The van der Waals surface area contributed by atoms with Gasteiger partial charge in [0.25, 0.3) is 0 Å². The minimum Gasteiger partial charge on any atom is -0.494 e. The number of ether oxygens (including phenoxy) is 6. The fourth-order valence-corrected chi connectivity index (χ4v) is 7.04. The molecule has 0 aromatic heterocycles. The lowest BCUT2D eigenvalue weighted by Crippen LogP contribution is -2.13. The molecule has 0 atom stereocenters. The zero-order chi connectivity index (χ0) is 47.6. The topological polar surface area (TPSA) is 167 Å². The Morgan fingerprint density at radius 2 is 0.672 bits per heavy atom. The summed E-state index contributed by atoms with van der Waals surface area (Å²) in [6, 6.07) is 27.9. The molecule has 13 nitrogen and oxygen atoms in total. The molecule has 0 amide bonds. The average Bonchev–Trinajstić information content (AvgIpc) is 3.33. The molecule has 0 bridgehead atoms. The molecule has 354 valence electrons. The van der Waals surface area contributed by atoms with Crippen LogP contribution in [0.15, 0.2) is 115 Å². The zero-order valence-corrected chi connectivity index (χ0v) is 38.5. The van der Waals surface area contributed by atoms with Gasteiger partial charge in [-0.1, -0.05) is 110 Å². The second kappa shape index (κ2) is 28.1. The molecule has 5 aromatic rings. The summed E-state index contributed by atoms with van der Waals surface area (Å²) < 4.78 is 33.3. The standard InChI is InChI=1S/C54H61NO12/c1-3-5-7-9-11-13-15-17-38-62-44-30-22-40(23-31-44)51(56)64-46-34-26-42(27-35-46)53(58)66-48-20-19-21-49(50(48)55(60)61)67-54(59)43-28-36-47(37-29-43)65-52(57)41-24-32-45(33-25-41)63-39-18-16-14-12-10-8-6-4-2/h19-37H,3-18,38-39H2,1-2H3. The van der Waals surface area contributed by atoms with Crippen LogP contribution in [0.1, 0.15) is 158 Å². The quantitative estimate of drug-likeness (QED) is 0.0147. The Morgan fingerprint density at radius 3 is 0.985 bits per heavy atom. The van der Waals surface area contributed by atoms with Crippen molar-refractivity contribution >= 4 is 29.6 Å². The molecule has 13 heteroatoms. The Labute approximate surface area is 392 Å². The summed E-state index contributed by atoms with van der Waals surface area (Å²) in [6.45, 7) is 5.63. The minimum atomic E-state index is -0.949. The van der Waals surface area contributed by atoms with Crippen molar-refractivity contribution < 1.29 is 52.5 Å². The van der Waals surface area contributed by atoms with Crippen molar-refractivity contribution in [3.8, 4) is 34.5 Å². The number of carbonyl (C=O) groups is 4. The largest absolute Gasteiger partial charge is 0.494 e. The van der Waals surface area contributed by atoms with E-state index in [0.29, 0.717) is 35.8 Å². The van der Waals surface area contributed by atoms with Crippen LogP contribution in [0, 0.1) is 10.1 Å². The highest BCUT2D eigenvalue weighted by Crippen LogP contribution is 2.37. The molecule has 0 aliphatic heterocycles. The number of hydrogen-bond acceptors (Lipinski definition) is 12. The monoisotopic (exact) mass is 915 g/mol. The fraction of sp³-hybridized carbons (Fsp3) is 0.370. The molecule has 0 saturated carbocycles. The van der Waals surface area contributed by atoms with Crippen LogP contribution in [0.4, 0.5) is 5.69 Å². The van der Waals surface area contributed by atoms with Crippen molar-refractivity contribution in [2.75, 3.05) is 13.2 Å². The van der Waals surface area contributed by atoms with E-state index in [1.807, 2.05) is 0 Å². The van der Waals surface area contributed by atoms with E-state index in [1.165, 1.54) is 144 Å². The van der Waals surface area contributed by atoms with E-state index in [-0.39, 0.29) is 22.6 Å². The maximum atomic E-state index is 13.1. The molecule has 0 N–H and O–H groups in total. The van der Waals surface area contributed by atoms with Crippen molar-refractivity contribution in [1.82, 2.24) is 0 Å². The van der Waals surface area contributed by atoms with Gasteiger partial charge in [0.2, 0.25) is 11.5 Å². The summed E-state index contributed by atoms with van der Waals surface area (Å²) in [5, 5.41) is 12.2. The van der Waals surface area contributed by atoms with Gasteiger partial charge in [-0.15, -0.1) is 0 Å². The van der Waals surface area contributed by atoms with Crippen molar-refractivity contribution in [2.45, 2.75) is 117 Å². The third-order valence-corrected chi connectivity index (χ3v) is 10.9. The SMILES string of the molecule is CCCCCCCCCCOc1ccc(C(=O)Oc2ccc(C(=O)Oc3cccc(OC(=O)c4ccc(OC(=O)c5ccc(OCCCCCCCCCC)cc5)cc4)c3[N+](=O)[O-])cc2)cc1. The highest BCUT2D eigenvalue weighted by atomic mass is 16.6. The van der Waals surface area contributed by atoms with Crippen molar-refractivity contribution in [2.24, 2.45) is 0 Å². The van der Waals surface area contributed by atoms with Gasteiger partial charge in [-0.2, -0.15) is 0 Å². The zero-order valence-electron chi connectivity index (χ0n) is 38.5. The van der Waals surface area contributed by atoms with Crippen LogP contribution >= 0.6 is 0 Å². The number of nitro benzene ring substituents is 1. The number of esters is 4. The molecule has 0 fully saturated rings. The molecule has 5 rings (SSSR count). The first-order chi connectivity index (χ1) is 32.6. The molecular weight excluding hydrogens is 855 g/mol. The summed E-state index contributed by atoms with van der Waals surface area (Å²) in [6.07, 6.45) is 19.3. The summed E-state index contributed by atoms with van der Waals surface area (Å²) in [5.41, 5.74) is -0.131. The van der Waals surface area contributed by atoms with Gasteiger partial charge in [-0.3, -0.25) is 10.1 Å². The number of carbonyl (C=O) groups excluding carboxylic acids is 4. The Bertz CT molecular complexity index is 2170. The van der Waals surface area contributed by atoms with Crippen molar-refractivity contribution in [3.05, 3.63) is 148 Å². The predicted octanol–water partition coefficient (Wildman–Crippen LogP) is 13.5. The van der Waals surface area contributed by atoms with Crippen LogP contribution < -0.4 is 28.4 Å². The molecule has 67 heavy (non-hydrogen) atoms. The number of nitro groups is 1. The summed E-state index contributed by atoms with van der Waals surface area (Å²) in [7, 11) is 0. The van der Waals surface area contributed by atoms with Crippen molar-refractivity contribution in [1.29, 1.82) is 0 Å². The minimum absolute atomic E-state index is 0.00524. The van der Waals surface area contributed by atoms with E-state index in [9.17, 15) is 29.3 Å². The van der Waals surface area contributed by atoms with Crippen LogP contribution in [-0.2, 0) is 0 Å². The van der Waals surface area contributed by atoms with E-state index in [4.69, 9.17) is 28.4 Å². The third kappa shape index (κ3) is 17.4. The maximum Gasteiger partial charge on any atom is 0.353 e. The van der Waals surface area contributed by atoms with Gasteiger partial charge < -0.3 is 28.4 Å². The Morgan fingerprint density at radius 1 is 0.388 bits per heavy atom. The second-order valence-electron chi connectivity index (χ2n) is 16.2. The van der Waals surface area contributed by atoms with Crippen LogP contribution in [-0.4, -0.2) is 42.0 Å². The van der Waals surface area contributed by atoms with Gasteiger partial charge in [0.05, 0.1) is 40.4 Å². The molecule has 0 spiro atoms. The van der Waals surface area contributed by atoms with Gasteiger partial charge in [-0.05, 0) is 122 Å². The summed E-state index contributed by atoms with van der Waals surface area (Å²) in [4.78, 5) is 63.2.